The maximum atomic E-state index is 12.4. The molecule has 2 N–H and O–H groups in total. The van der Waals surface area contributed by atoms with Gasteiger partial charge in [-0.1, -0.05) is 42.1 Å². The number of hydrogen-bond donors (Lipinski definition) is 2. The minimum Gasteiger partial charge on any atom is -0.476 e. The van der Waals surface area contributed by atoms with Crippen molar-refractivity contribution in [2.45, 2.75) is 42.7 Å². The third kappa shape index (κ3) is 6.15. The van der Waals surface area contributed by atoms with Crippen molar-refractivity contribution in [2.75, 3.05) is 12.3 Å². The second-order valence-corrected chi connectivity index (χ2v) is 11.4. The zero-order valence-corrected chi connectivity index (χ0v) is 22.4. The van der Waals surface area contributed by atoms with E-state index in [1.54, 1.807) is 6.08 Å². The smallest absolute Gasteiger partial charge is 0.355 e. The monoisotopic (exact) mass is 549 g/mol. The van der Waals surface area contributed by atoms with Gasteiger partial charge in [0, 0.05) is 36.1 Å². The van der Waals surface area contributed by atoms with E-state index in [4.69, 9.17) is 9.52 Å². The van der Waals surface area contributed by atoms with Crippen LogP contribution in [0.1, 0.15) is 34.5 Å². The topological polar surface area (TPSA) is 117 Å². The summed E-state index contributed by atoms with van der Waals surface area (Å²) in [6, 6.07) is 13.6. The number of fused-ring (bicyclic) bond motifs is 1. The minimum atomic E-state index is -1.04. The highest BCUT2D eigenvalue weighted by Crippen LogP contribution is 2.27. The van der Waals surface area contributed by atoms with E-state index in [-0.39, 0.29) is 17.6 Å². The summed E-state index contributed by atoms with van der Waals surface area (Å²) in [4.78, 5) is 33.9. The lowest BCUT2D eigenvalue weighted by atomic mass is 10.0. The first-order valence-corrected chi connectivity index (χ1v) is 14.2. The van der Waals surface area contributed by atoms with Gasteiger partial charge in [-0.05, 0) is 48.7 Å². The number of aromatic carboxylic acids is 1. The standard InChI is InChI=1S/C28H27N3O5S2/c1-17-5-9-24-22(13-17)29-26(36-24)19-4-2-3-18(14-19)15-21(32)8-6-20-7-10-25(33)31(20)11-12-37-28-30-23(16-38-28)27(34)35/h2-6,8-9,13-14,16,20-21,32H,7,10-12,15H2,1H3,(H,34,35)/b8-6+/t20-,21+/m0/s1. The molecule has 1 aliphatic heterocycles. The fourth-order valence-electron chi connectivity index (χ4n) is 4.46. The number of oxazole rings is 1. The van der Waals surface area contributed by atoms with Crippen LogP contribution in [0.4, 0.5) is 0 Å². The Labute approximate surface area is 228 Å². The SMILES string of the molecule is Cc1ccc2oc(-c3cccc(C[C@H](O)/C=C/[C@H]4CCC(=O)N4CCSc4nc(C(=O)O)cs4)c3)nc2c1. The van der Waals surface area contributed by atoms with Crippen molar-refractivity contribution in [3.05, 3.63) is 76.8 Å². The predicted octanol–water partition coefficient (Wildman–Crippen LogP) is 5.20. The number of carbonyl (C=O) groups excluding carboxylic acids is 1. The number of aromatic nitrogens is 2. The Kier molecular flexibility index (Phi) is 7.92. The quantitative estimate of drug-likeness (QED) is 0.205. The van der Waals surface area contributed by atoms with E-state index in [1.807, 2.05) is 60.4 Å². The molecule has 8 nitrogen and oxygen atoms in total. The van der Waals surface area contributed by atoms with Crippen LogP contribution in [0, 0.1) is 6.92 Å². The number of amides is 1. The number of aryl methyl sites for hydroxylation is 1. The van der Waals surface area contributed by atoms with Crippen LogP contribution in [-0.4, -0.2) is 61.4 Å². The van der Waals surface area contributed by atoms with Crippen molar-refractivity contribution in [2.24, 2.45) is 0 Å². The number of aliphatic hydroxyl groups is 1. The van der Waals surface area contributed by atoms with Gasteiger partial charge in [-0.2, -0.15) is 0 Å². The van der Waals surface area contributed by atoms with Gasteiger partial charge in [-0.3, -0.25) is 4.79 Å². The first kappa shape index (κ1) is 26.1. The molecule has 10 heteroatoms. The largest absolute Gasteiger partial charge is 0.476 e. The Morgan fingerprint density at radius 1 is 1.29 bits per heavy atom. The number of thiazole rings is 1. The molecule has 0 saturated carbocycles. The Hall–Kier alpha value is -3.47. The molecule has 3 heterocycles. The molecule has 2 aromatic carbocycles. The summed E-state index contributed by atoms with van der Waals surface area (Å²) in [5.41, 5.74) is 4.53. The molecule has 4 aromatic rings. The van der Waals surface area contributed by atoms with E-state index in [2.05, 4.69) is 9.97 Å². The normalized spacial score (nSPS) is 16.6. The van der Waals surface area contributed by atoms with Crippen molar-refractivity contribution >= 4 is 46.1 Å². The van der Waals surface area contributed by atoms with Crippen LogP contribution in [0.2, 0.25) is 0 Å². The number of benzene rings is 2. The number of rotatable bonds is 10. The Morgan fingerprint density at radius 3 is 2.97 bits per heavy atom. The summed E-state index contributed by atoms with van der Waals surface area (Å²) < 4.78 is 6.59. The Balaban J connectivity index is 1.18. The van der Waals surface area contributed by atoms with Gasteiger partial charge < -0.3 is 19.5 Å². The van der Waals surface area contributed by atoms with Crippen molar-refractivity contribution < 1.29 is 24.2 Å². The van der Waals surface area contributed by atoms with E-state index in [9.17, 15) is 14.7 Å². The lowest BCUT2D eigenvalue weighted by molar-refractivity contribution is -0.128. The number of hydrogen-bond acceptors (Lipinski definition) is 8. The van der Waals surface area contributed by atoms with Crippen molar-refractivity contribution in [3.8, 4) is 11.5 Å². The van der Waals surface area contributed by atoms with Crippen LogP contribution >= 0.6 is 23.1 Å². The van der Waals surface area contributed by atoms with Crippen LogP contribution < -0.4 is 0 Å². The molecule has 196 valence electrons. The van der Waals surface area contributed by atoms with Gasteiger partial charge in [0.25, 0.3) is 0 Å². The van der Waals surface area contributed by atoms with Crippen molar-refractivity contribution in [1.82, 2.24) is 14.9 Å². The van der Waals surface area contributed by atoms with Gasteiger partial charge >= 0.3 is 5.97 Å². The number of nitrogens with zero attached hydrogens (tertiary/aromatic N) is 3. The number of thioether (sulfide) groups is 1. The molecule has 0 bridgehead atoms. The molecule has 1 fully saturated rings. The van der Waals surface area contributed by atoms with Gasteiger partial charge in [-0.25, -0.2) is 14.8 Å². The molecule has 38 heavy (non-hydrogen) atoms. The molecule has 1 amide bonds. The first-order chi connectivity index (χ1) is 18.4. The highest BCUT2D eigenvalue weighted by Gasteiger charge is 2.28. The fourth-order valence-corrected chi connectivity index (χ4v) is 6.27. The van der Waals surface area contributed by atoms with E-state index in [0.29, 0.717) is 41.8 Å². The molecule has 0 aliphatic carbocycles. The van der Waals surface area contributed by atoms with Crippen LogP contribution in [-0.2, 0) is 11.2 Å². The zero-order valence-electron chi connectivity index (χ0n) is 20.7. The van der Waals surface area contributed by atoms with E-state index >= 15 is 0 Å². The third-order valence-corrected chi connectivity index (χ3v) is 8.35. The minimum absolute atomic E-state index is 0.0408. The Bertz CT molecular complexity index is 1490. The predicted molar refractivity (Wildman–Crippen MR) is 148 cm³/mol. The first-order valence-electron chi connectivity index (χ1n) is 12.3. The summed E-state index contributed by atoms with van der Waals surface area (Å²) in [6.45, 7) is 2.55. The van der Waals surface area contributed by atoms with Crippen LogP contribution in [0.5, 0.6) is 0 Å². The summed E-state index contributed by atoms with van der Waals surface area (Å²) in [7, 11) is 0. The molecule has 0 radical (unpaired) electrons. The summed E-state index contributed by atoms with van der Waals surface area (Å²) in [5.74, 6) is 0.209. The zero-order chi connectivity index (χ0) is 26.6. The van der Waals surface area contributed by atoms with Gasteiger partial charge in [0.1, 0.15) is 5.52 Å². The lowest BCUT2D eigenvalue weighted by Crippen LogP contribution is -2.33. The molecular weight excluding hydrogens is 522 g/mol. The second-order valence-electron chi connectivity index (χ2n) is 9.19. The second kappa shape index (κ2) is 11.5. The highest BCUT2D eigenvalue weighted by atomic mass is 32.2. The maximum Gasteiger partial charge on any atom is 0.355 e. The number of likely N-dealkylation sites (tertiary alicyclic amines) is 1. The molecule has 2 aromatic heterocycles. The average Bonchev–Trinajstić information content (AvgIpc) is 3.62. The average molecular weight is 550 g/mol. The molecule has 2 atom stereocenters. The molecule has 1 aliphatic rings. The molecule has 1 saturated heterocycles. The van der Waals surface area contributed by atoms with E-state index in [1.165, 1.54) is 28.5 Å². The number of carboxylic acid groups (broad SMARTS) is 1. The van der Waals surface area contributed by atoms with Crippen molar-refractivity contribution in [1.29, 1.82) is 0 Å². The molecular formula is C28H27N3O5S2. The summed E-state index contributed by atoms with van der Waals surface area (Å²) >= 11 is 2.73. The molecule has 0 unspecified atom stereocenters. The van der Waals surface area contributed by atoms with Gasteiger partial charge in [0.2, 0.25) is 11.8 Å². The number of carboxylic acids is 1. The summed E-state index contributed by atoms with van der Waals surface area (Å²) in [5, 5.41) is 21.2. The molecule has 5 rings (SSSR count). The van der Waals surface area contributed by atoms with Gasteiger partial charge in [0.15, 0.2) is 15.6 Å². The van der Waals surface area contributed by atoms with Crippen LogP contribution in [0.25, 0.3) is 22.6 Å². The fraction of sp³-hybridized carbons (Fsp3) is 0.286. The number of carbonyl (C=O) groups is 2. The van der Waals surface area contributed by atoms with Crippen molar-refractivity contribution in [3.63, 3.8) is 0 Å². The highest BCUT2D eigenvalue weighted by molar-refractivity contribution is 8.01. The van der Waals surface area contributed by atoms with Crippen LogP contribution in [0.15, 0.2) is 68.8 Å². The van der Waals surface area contributed by atoms with Crippen LogP contribution in [0.3, 0.4) is 0 Å². The van der Waals surface area contributed by atoms with E-state index < -0.39 is 12.1 Å². The maximum absolute atomic E-state index is 12.4. The Morgan fingerprint density at radius 2 is 2.16 bits per heavy atom. The van der Waals surface area contributed by atoms with Gasteiger partial charge in [-0.15, -0.1) is 11.3 Å². The van der Waals surface area contributed by atoms with E-state index in [0.717, 1.165) is 27.8 Å². The van der Waals surface area contributed by atoms with Gasteiger partial charge in [0.05, 0.1) is 12.1 Å². The lowest BCUT2D eigenvalue weighted by Gasteiger charge is -2.22. The third-order valence-electron chi connectivity index (χ3n) is 6.35. The molecule has 0 spiro atoms. The summed E-state index contributed by atoms with van der Waals surface area (Å²) in [6.07, 6.45) is 4.59. The number of aliphatic hydroxyl groups excluding tert-OH is 1.